The third kappa shape index (κ3) is 2.86. The van der Waals surface area contributed by atoms with Crippen LogP contribution in [0.5, 0.6) is 0 Å². The Balaban J connectivity index is 1.06. The van der Waals surface area contributed by atoms with Gasteiger partial charge in [0, 0.05) is 49.5 Å². The van der Waals surface area contributed by atoms with Gasteiger partial charge in [-0.05, 0) is 35.4 Å². The van der Waals surface area contributed by atoms with E-state index in [1.54, 1.807) is 17.9 Å². The highest BCUT2D eigenvalue weighted by Gasteiger charge is 2.58. The van der Waals surface area contributed by atoms with Crippen LogP contribution in [0.2, 0.25) is 0 Å². The number of piperidine rings is 1. The summed E-state index contributed by atoms with van der Waals surface area (Å²) >= 11 is 0. The average Bonchev–Trinajstić information content (AvgIpc) is 3.24. The predicted molar refractivity (Wildman–Crippen MR) is 120 cm³/mol. The normalized spacial score (nSPS) is 21.7. The Labute approximate surface area is 187 Å². The minimum atomic E-state index is -0.177. The van der Waals surface area contributed by atoms with Crippen LogP contribution in [0.1, 0.15) is 17.6 Å². The van der Waals surface area contributed by atoms with Crippen molar-refractivity contribution in [3.63, 3.8) is 0 Å². The van der Waals surface area contributed by atoms with Crippen molar-refractivity contribution in [2.75, 3.05) is 18.0 Å². The van der Waals surface area contributed by atoms with Crippen LogP contribution in [0.25, 0.3) is 21.9 Å². The van der Waals surface area contributed by atoms with Gasteiger partial charge in [-0.25, -0.2) is 9.97 Å². The number of anilines is 1. The number of fused-ring (bicyclic) bond motifs is 3. The minimum absolute atomic E-state index is 0.177. The zero-order valence-electron chi connectivity index (χ0n) is 17.9. The fourth-order valence-corrected chi connectivity index (χ4v) is 5.19. The molecule has 0 spiro atoms. The minimum Gasteiger partial charge on any atom is -0.371 e. The number of aromatic nitrogens is 7. The number of rotatable bonds is 4. The molecule has 164 valence electrons. The van der Waals surface area contributed by atoms with Gasteiger partial charge in [0.15, 0.2) is 17.0 Å². The van der Waals surface area contributed by atoms with E-state index in [2.05, 4.69) is 48.2 Å². The molecule has 2 fully saturated rings. The number of benzene rings is 1. The van der Waals surface area contributed by atoms with Gasteiger partial charge >= 0.3 is 0 Å². The SMILES string of the molecule is Cn1cnc2ncn(Cc3nc(C4C5CN(c6ccc7ccncc7c6)CC54)no3)c(=O)c21. The van der Waals surface area contributed by atoms with Crippen LogP contribution in [-0.2, 0) is 13.6 Å². The summed E-state index contributed by atoms with van der Waals surface area (Å²) in [5.41, 5.74) is 1.94. The summed E-state index contributed by atoms with van der Waals surface area (Å²) in [6.07, 6.45) is 6.79. The summed E-state index contributed by atoms with van der Waals surface area (Å²) in [7, 11) is 1.78. The van der Waals surface area contributed by atoms with Gasteiger partial charge in [-0.2, -0.15) is 4.98 Å². The van der Waals surface area contributed by atoms with Crippen molar-refractivity contribution in [1.29, 1.82) is 0 Å². The van der Waals surface area contributed by atoms with Crippen molar-refractivity contribution in [1.82, 2.24) is 34.2 Å². The third-order valence-electron chi connectivity index (χ3n) is 6.97. The molecule has 1 aliphatic heterocycles. The Morgan fingerprint density at radius 1 is 1.09 bits per heavy atom. The zero-order chi connectivity index (χ0) is 22.1. The molecule has 0 amide bonds. The van der Waals surface area contributed by atoms with Gasteiger partial charge < -0.3 is 14.0 Å². The molecule has 2 atom stereocenters. The molecule has 10 heteroatoms. The lowest BCUT2D eigenvalue weighted by atomic mass is 10.1. The van der Waals surface area contributed by atoms with E-state index in [0.29, 0.717) is 34.8 Å². The number of pyridine rings is 1. The first-order valence-corrected chi connectivity index (χ1v) is 10.9. The Morgan fingerprint density at radius 3 is 2.82 bits per heavy atom. The van der Waals surface area contributed by atoms with Crippen LogP contribution in [0.4, 0.5) is 5.69 Å². The molecule has 2 unspecified atom stereocenters. The maximum atomic E-state index is 12.7. The zero-order valence-corrected chi connectivity index (χ0v) is 17.9. The number of nitrogens with zero attached hydrogens (tertiary/aromatic N) is 8. The van der Waals surface area contributed by atoms with Crippen LogP contribution < -0.4 is 10.5 Å². The lowest BCUT2D eigenvalue weighted by Crippen LogP contribution is -2.23. The second kappa shape index (κ2) is 6.71. The summed E-state index contributed by atoms with van der Waals surface area (Å²) in [6, 6.07) is 8.57. The van der Waals surface area contributed by atoms with E-state index < -0.39 is 0 Å². The molecule has 1 saturated heterocycles. The molecule has 1 aromatic carbocycles. The lowest BCUT2D eigenvalue weighted by Gasteiger charge is -2.21. The molecule has 5 heterocycles. The third-order valence-corrected chi connectivity index (χ3v) is 6.97. The van der Waals surface area contributed by atoms with E-state index in [1.165, 1.54) is 22.0 Å². The van der Waals surface area contributed by atoms with Crippen LogP contribution in [0.15, 0.2) is 58.6 Å². The Morgan fingerprint density at radius 2 is 1.94 bits per heavy atom. The van der Waals surface area contributed by atoms with E-state index in [-0.39, 0.29) is 12.1 Å². The number of hydrogen-bond donors (Lipinski definition) is 0. The monoisotopic (exact) mass is 440 g/mol. The molecule has 1 saturated carbocycles. The smallest absolute Gasteiger partial charge is 0.280 e. The summed E-state index contributed by atoms with van der Waals surface area (Å²) in [6.45, 7) is 2.15. The molecule has 10 nitrogen and oxygen atoms in total. The summed E-state index contributed by atoms with van der Waals surface area (Å²) in [5, 5.41) is 6.59. The van der Waals surface area contributed by atoms with E-state index in [9.17, 15) is 4.79 Å². The standard InChI is InChI=1S/C23H20N8O2/c1-29-11-25-22-20(29)23(32)31(12-26-22)10-18-27-21(28-33-18)19-16-8-30(9-17(16)19)15-3-2-13-4-5-24-7-14(13)6-15/h2-7,11-12,16-17,19H,8-10H2,1H3. The van der Waals surface area contributed by atoms with Crippen molar-refractivity contribution >= 4 is 27.6 Å². The first-order valence-electron chi connectivity index (χ1n) is 10.9. The van der Waals surface area contributed by atoms with E-state index in [4.69, 9.17) is 4.52 Å². The first-order chi connectivity index (χ1) is 16.2. The number of hydrogen-bond acceptors (Lipinski definition) is 8. The topological polar surface area (TPSA) is 108 Å². The molecular weight excluding hydrogens is 420 g/mol. The molecule has 0 N–H and O–H groups in total. The Hall–Kier alpha value is -4.08. The lowest BCUT2D eigenvalue weighted by molar-refractivity contribution is 0.363. The highest BCUT2D eigenvalue weighted by atomic mass is 16.5. The quantitative estimate of drug-likeness (QED) is 0.417. The molecule has 1 aliphatic carbocycles. The Bertz CT molecular complexity index is 1570. The van der Waals surface area contributed by atoms with E-state index >= 15 is 0 Å². The maximum absolute atomic E-state index is 12.7. The van der Waals surface area contributed by atoms with E-state index in [0.717, 1.165) is 24.3 Å². The molecule has 33 heavy (non-hydrogen) atoms. The van der Waals surface area contributed by atoms with Gasteiger partial charge in [-0.1, -0.05) is 11.2 Å². The van der Waals surface area contributed by atoms with Crippen LogP contribution in [-0.4, -0.2) is 47.3 Å². The molecule has 2 aliphatic rings. The van der Waals surface area contributed by atoms with Crippen molar-refractivity contribution in [2.24, 2.45) is 18.9 Å². The average molecular weight is 440 g/mol. The van der Waals surface area contributed by atoms with Gasteiger partial charge in [-0.3, -0.25) is 14.3 Å². The van der Waals surface area contributed by atoms with E-state index in [1.807, 2.05) is 18.5 Å². The molecule has 0 bridgehead atoms. The summed E-state index contributed by atoms with van der Waals surface area (Å²) < 4.78 is 8.63. The fraction of sp³-hybridized carbons (Fsp3) is 0.304. The maximum Gasteiger partial charge on any atom is 0.280 e. The Kier molecular flexibility index (Phi) is 3.76. The summed E-state index contributed by atoms with van der Waals surface area (Å²) in [5.74, 6) is 2.52. The second-order valence-electron chi connectivity index (χ2n) is 8.92. The van der Waals surface area contributed by atoms with Gasteiger partial charge in [0.2, 0.25) is 5.89 Å². The van der Waals surface area contributed by atoms with Crippen LogP contribution in [0, 0.1) is 11.8 Å². The highest BCUT2D eigenvalue weighted by molar-refractivity contribution is 5.85. The van der Waals surface area contributed by atoms with Crippen LogP contribution >= 0.6 is 0 Å². The molecular formula is C23H20N8O2. The predicted octanol–water partition coefficient (Wildman–Crippen LogP) is 1.96. The van der Waals surface area contributed by atoms with Gasteiger partial charge in [0.05, 0.1) is 6.33 Å². The van der Waals surface area contributed by atoms with Gasteiger partial charge in [0.25, 0.3) is 5.56 Å². The van der Waals surface area contributed by atoms with Crippen molar-refractivity contribution in [2.45, 2.75) is 12.5 Å². The molecule has 4 aromatic heterocycles. The largest absolute Gasteiger partial charge is 0.371 e. The van der Waals surface area contributed by atoms with Crippen molar-refractivity contribution < 1.29 is 4.52 Å². The number of aryl methyl sites for hydroxylation is 1. The molecule has 5 aromatic rings. The van der Waals surface area contributed by atoms with Crippen LogP contribution in [0.3, 0.4) is 0 Å². The number of imidazole rings is 1. The molecule has 0 radical (unpaired) electrons. The van der Waals surface area contributed by atoms with Gasteiger partial charge in [-0.15, -0.1) is 0 Å². The molecule has 7 rings (SSSR count). The van der Waals surface area contributed by atoms with Gasteiger partial charge in [0.1, 0.15) is 12.9 Å². The van der Waals surface area contributed by atoms with Crippen molar-refractivity contribution in [3.05, 3.63) is 71.4 Å². The second-order valence-corrected chi connectivity index (χ2v) is 8.92. The highest BCUT2D eigenvalue weighted by Crippen LogP contribution is 2.58. The first kappa shape index (κ1) is 18.5. The fourth-order valence-electron chi connectivity index (χ4n) is 5.19. The summed E-state index contributed by atoms with van der Waals surface area (Å²) in [4.78, 5) is 32.4. The van der Waals surface area contributed by atoms with Crippen molar-refractivity contribution in [3.8, 4) is 0 Å².